The van der Waals surface area contributed by atoms with Crippen LogP contribution in [-0.2, 0) is 4.79 Å². The number of non-ortho nitro benzene ring substituents is 1. The summed E-state index contributed by atoms with van der Waals surface area (Å²) in [5, 5.41) is 14.2. The summed E-state index contributed by atoms with van der Waals surface area (Å²) in [6.45, 7) is 0. The number of hydrogen-bond acceptors (Lipinski definition) is 3. The highest BCUT2D eigenvalue weighted by atomic mass is 35.5. The number of hydrogen-bond donors (Lipinski definition) is 1. The van der Waals surface area contributed by atoms with E-state index in [2.05, 4.69) is 5.32 Å². The van der Waals surface area contributed by atoms with Gasteiger partial charge in [0.2, 0.25) is 0 Å². The smallest absolute Gasteiger partial charge is 0.270 e. The normalized spacial score (nSPS) is 11.1. The van der Waals surface area contributed by atoms with Gasteiger partial charge in [0.25, 0.3) is 11.6 Å². The number of carbonyl (C=O) groups is 1. The van der Waals surface area contributed by atoms with Crippen LogP contribution in [0.25, 0.3) is 11.6 Å². The fourth-order valence-electron chi connectivity index (χ4n) is 2.54. The van der Waals surface area contributed by atoms with E-state index in [1.165, 1.54) is 12.1 Å². The molecule has 0 saturated carbocycles. The van der Waals surface area contributed by atoms with Gasteiger partial charge in [-0.25, -0.2) is 0 Å². The summed E-state index contributed by atoms with van der Waals surface area (Å²) in [7, 11) is 0. The predicted molar refractivity (Wildman–Crippen MR) is 107 cm³/mol. The van der Waals surface area contributed by atoms with Crippen LogP contribution < -0.4 is 5.32 Å². The standard InChI is InChI=1S/C21H15ClN2O3/c22-19-11-4-5-12-20(19)23-21(25)18(16-8-2-1-3-9-16)14-15-7-6-10-17(13-15)24(26)27/h1-14H,(H,23,25)/b18-14-. The maximum atomic E-state index is 12.9. The van der Waals surface area contributed by atoms with Gasteiger partial charge < -0.3 is 5.32 Å². The molecule has 0 aliphatic carbocycles. The summed E-state index contributed by atoms with van der Waals surface area (Å²) >= 11 is 6.13. The highest BCUT2D eigenvalue weighted by Gasteiger charge is 2.14. The van der Waals surface area contributed by atoms with Crippen LogP contribution in [0.3, 0.4) is 0 Å². The van der Waals surface area contributed by atoms with E-state index < -0.39 is 4.92 Å². The largest absolute Gasteiger partial charge is 0.321 e. The zero-order valence-corrected chi connectivity index (χ0v) is 14.9. The first-order valence-electron chi connectivity index (χ1n) is 8.12. The van der Waals surface area contributed by atoms with Crippen LogP contribution in [0.5, 0.6) is 0 Å². The number of nitro benzene ring substituents is 1. The molecule has 0 bridgehead atoms. The molecule has 5 nitrogen and oxygen atoms in total. The Balaban J connectivity index is 2.01. The third-order valence-electron chi connectivity index (χ3n) is 3.84. The minimum absolute atomic E-state index is 0.0392. The molecule has 0 unspecified atom stereocenters. The number of nitro groups is 1. The van der Waals surface area contributed by atoms with E-state index in [-0.39, 0.29) is 11.6 Å². The molecule has 0 aromatic heterocycles. The van der Waals surface area contributed by atoms with Gasteiger partial charge in [0.1, 0.15) is 0 Å². The third-order valence-corrected chi connectivity index (χ3v) is 4.17. The molecule has 3 aromatic rings. The zero-order valence-electron chi connectivity index (χ0n) is 14.1. The van der Waals surface area contributed by atoms with E-state index in [4.69, 9.17) is 11.6 Å². The molecular formula is C21H15ClN2O3. The Labute approximate surface area is 161 Å². The van der Waals surface area contributed by atoms with E-state index in [0.717, 1.165) is 0 Å². The van der Waals surface area contributed by atoms with Crippen molar-refractivity contribution < 1.29 is 9.72 Å². The number of para-hydroxylation sites is 1. The Morgan fingerprint density at radius 1 is 0.963 bits per heavy atom. The Morgan fingerprint density at radius 3 is 2.37 bits per heavy atom. The van der Waals surface area contributed by atoms with Gasteiger partial charge in [-0.15, -0.1) is 0 Å². The number of carbonyl (C=O) groups excluding carboxylic acids is 1. The summed E-state index contributed by atoms with van der Waals surface area (Å²) in [6.07, 6.45) is 1.62. The Morgan fingerprint density at radius 2 is 1.67 bits per heavy atom. The van der Waals surface area contributed by atoms with Crippen molar-refractivity contribution in [3.8, 4) is 0 Å². The van der Waals surface area contributed by atoms with Crippen molar-refractivity contribution in [3.05, 3.63) is 105 Å². The van der Waals surface area contributed by atoms with Crippen molar-refractivity contribution in [2.75, 3.05) is 5.32 Å². The lowest BCUT2D eigenvalue weighted by Crippen LogP contribution is -2.14. The molecule has 0 radical (unpaired) electrons. The van der Waals surface area contributed by atoms with Crippen LogP contribution in [0.1, 0.15) is 11.1 Å². The molecule has 6 heteroatoms. The summed E-state index contributed by atoms with van der Waals surface area (Å²) < 4.78 is 0. The maximum Gasteiger partial charge on any atom is 0.270 e. The van der Waals surface area contributed by atoms with E-state index in [1.807, 2.05) is 18.2 Å². The topological polar surface area (TPSA) is 72.2 Å². The number of anilines is 1. The van der Waals surface area contributed by atoms with Crippen LogP contribution >= 0.6 is 11.6 Å². The first-order chi connectivity index (χ1) is 13.0. The summed E-state index contributed by atoms with van der Waals surface area (Å²) in [6, 6.07) is 22.1. The molecule has 0 aliphatic rings. The van der Waals surface area contributed by atoms with Gasteiger partial charge in [0, 0.05) is 17.7 Å². The summed E-state index contributed by atoms with van der Waals surface area (Å²) in [5.74, 6) is -0.360. The van der Waals surface area contributed by atoms with E-state index in [9.17, 15) is 14.9 Å². The van der Waals surface area contributed by atoms with Crippen molar-refractivity contribution in [2.24, 2.45) is 0 Å². The van der Waals surface area contributed by atoms with Crippen LogP contribution in [0.15, 0.2) is 78.9 Å². The average Bonchev–Trinajstić information content (AvgIpc) is 2.68. The van der Waals surface area contributed by atoms with Gasteiger partial charge in [-0.3, -0.25) is 14.9 Å². The number of amides is 1. The molecule has 0 spiro atoms. The Hall–Kier alpha value is -3.44. The van der Waals surface area contributed by atoms with Gasteiger partial charge in [0.05, 0.1) is 15.6 Å². The number of nitrogens with zero attached hydrogens (tertiary/aromatic N) is 1. The lowest BCUT2D eigenvalue weighted by atomic mass is 10.0. The number of rotatable bonds is 5. The molecule has 0 heterocycles. The fraction of sp³-hybridized carbons (Fsp3) is 0. The SMILES string of the molecule is O=C(Nc1ccccc1Cl)/C(=C\c1cccc([N+](=O)[O-])c1)c1ccccc1. The lowest BCUT2D eigenvalue weighted by molar-refractivity contribution is -0.384. The Kier molecular flexibility index (Phi) is 5.64. The van der Waals surface area contributed by atoms with Crippen LogP contribution in [0.2, 0.25) is 5.02 Å². The molecular weight excluding hydrogens is 364 g/mol. The first kappa shape index (κ1) is 18.4. The second-order valence-corrected chi connectivity index (χ2v) is 6.12. The fourth-order valence-corrected chi connectivity index (χ4v) is 2.73. The highest BCUT2D eigenvalue weighted by molar-refractivity contribution is 6.35. The Bertz CT molecular complexity index is 1020. The van der Waals surface area contributed by atoms with Crippen LogP contribution in [-0.4, -0.2) is 10.8 Å². The monoisotopic (exact) mass is 378 g/mol. The van der Waals surface area contributed by atoms with Crippen molar-refractivity contribution in [1.29, 1.82) is 0 Å². The number of benzene rings is 3. The lowest BCUT2D eigenvalue weighted by Gasteiger charge is -2.11. The second kappa shape index (κ2) is 8.29. The molecule has 1 amide bonds. The van der Waals surface area contributed by atoms with E-state index in [0.29, 0.717) is 27.4 Å². The van der Waals surface area contributed by atoms with Gasteiger partial charge >= 0.3 is 0 Å². The van der Waals surface area contributed by atoms with Gasteiger partial charge in [0.15, 0.2) is 0 Å². The molecule has 0 aliphatic heterocycles. The average molecular weight is 379 g/mol. The van der Waals surface area contributed by atoms with Gasteiger partial charge in [-0.1, -0.05) is 66.2 Å². The van der Waals surface area contributed by atoms with Crippen molar-refractivity contribution >= 4 is 40.5 Å². The second-order valence-electron chi connectivity index (χ2n) is 5.71. The molecule has 0 fully saturated rings. The summed E-state index contributed by atoms with van der Waals surface area (Å²) in [4.78, 5) is 23.5. The minimum Gasteiger partial charge on any atom is -0.321 e. The first-order valence-corrected chi connectivity index (χ1v) is 8.50. The number of nitrogens with one attached hydrogen (secondary N) is 1. The molecule has 134 valence electrons. The third kappa shape index (κ3) is 4.59. The van der Waals surface area contributed by atoms with Gasteiger partial charge in [-0.2, -0.15) is 0 Å². The quantitative estimate of drug-likeness (QED) is 0.278. The van der Waals surface area contributed by atoms with Crippen LogP contribution in [0, 0.1) is 10.1 Å². The van der Waals surface area contributed by atoms with E-state index in [1.54, 1.807) is 54.6 Å². The molecule has 27 heavy (non-hydrogen) atoms. The molecule has 0 atom stereocenters. The van der Waals surface area contributed by atoms with Crippen molar-refractivity contribution in [2.45, 2.75) is 0 Å². The van der Waals surface area contributed by atoms with Crippen molar-refractivity contribution in [1.82, 2.24) is 0 Å². The highest BCUT2D eigenvalue weighted by Crippen LogP contribution is 2.25. The molecule has 3 rings (SSSR count). The van der Waals surface area contributed by atoms with Crippen LogP contribution in [0.4, 0.5) is 11.4 Å². The molecule has 3 aromatic carbocycles. The van der Waals surface area contributed by atoms with Gasteiger partial charge in [-0.05, 0) is 29.3 Å². The molecule has 0 saturated heterocycles. The zero-order chi connectivity index (χ0) is 19.2. The summed E-state index contributed by atoms with van der Waals surface area (Å²) in [5.41, 5.74) is 2.06. The maximum absolute atomic E-state index is 12.9. The number of halogens is 1. The minimum atomic E-state index is -0.469. The predicted octanol–water partition coefficient (Wildman–Crippen LogP) is 5.43. The molecule has 1 N–H and O–H groups in total. The van der Waals surface area contributed by atoms with E-state index >= 15 is 0 Å². The van der Waals surface area contributed by atoms with Crippen molar-refractivity contribution in [3.63, 3.8) is 0 Å².